The number of hydrogen-bond acceptors (Lipinski definition) is 2. The van der Waals surface area contributed by atoms with E-state index in [0.29, 0.717) is 0 Å². The lowest BCUT2D eigenvalue weighted by molar-refractivity contribution is -0.154. The molecule has 0 saturated heterocycles. The summed E-state index contributed by atoms with van der Waals surface area (Å²) in [5, 5.41) is 20.6. The lowest BCUT2D eigenvalue weighted by Gasteiger charge is -2.51. The second-order valence-electron chi connectivity index (χ2n) is 13.8. The Morgan fingerprint density at radius 1 is 0.650 bits per heavy atom. The fraction of sp³-hybridized carbons (Fsp3) is 0.833. The maximum atomic E-state index is 12.7. The molecule has 0 radical (unpaired) electrons. The van der Waals surface area contributed by atoms with Crippen LogP contribution >= 0.6 is 0 Å². The summed E-state index contributed by atoms with van der Waals surface area (Å²) in [4.78, 5) is 25.1. The molecule has 2 atom stereocenters. The van der Waals surface area contributed by atoms with E-state index in [1.807, 2.05) is 26.0 Å². The summed E-state index contributed by atoms with van der Waals surface area (Å²) < 4.78 is 0. The Balaban J connectivity index is 3.03. The Hall–Kier alpha value is -1.58. The van der Waals surface area contributed by atoms with Crippen LogP contribution in [0, 0.1) is 22.2 Å². The average Bonchev–Trinajstić information content (AvgIpc) is 2.90. The lowest BCUT2D eigenvalue weighted by Crippen LogP contribution is -2.49. The number of hydrogen-bond donors (Lipinski definition) is 2. The van der Waals surface area contributed by atoms with Gasteiger partial charge in [0, 0.05) is 5.92 Å². The molecular weight excluding hydrogens is 496 g/mol. The molecule has 232 valence electrons. The smallest absolute Gasteiger partial charge is 0.313 e. The molecule has 0 spiro atoms. The van der Waals surface area contributed by atoms with Gasteiger partial charge < -0.3 is 10.2 Å². The van der Waals surface area contributed by atoms with Crippen molar-refractivity contribution in [2.45, 2.75) is 170 Å². The van der Waals surface area contributed by atoms with Crippen molar-refractivity contribution in [2.24, 2.45) is 22.2 Å². The first kappa shape index (κ1) is 36.4. The van der Waals surface area contributed by atoms with Gasteiger partial charge in [0.05, 0.1) is 10.8 Å². The van der Waals surface area contributed by atoms with E-state index in [1.54, 1.807) is 13.8 Å². The van der Waals surface area contributed by atoms with Crippen LogP contribution in [0.15, 0.2) is 23.8 Å². The van der Waals surface area contributed by atoms with Crippen molar-refractivity contribution in [1.29, 1.82) is 0 Å². The monoisotopic (exact) mass is 560 g/mol. The van der Waals surface area contributed by atoms with E-state index in [0.717, 1.165) is 44.1 Å². The van der Waals surface area contributed by atoms with E-state index >= 15 is 0 Å². The van der Waals surface area contributed by atoms with Crippen LogP contribution in [-0.2, 0) is 9.59 Å². The molecule has 0 saturated carbocycles. The molecule has 2 N–H and O–H groups in total. The van der Waals surface area contributed by atoms with E-state index in [4.69, 9.17) is 0 Å². The Bertz CT molecular complexity index is 791. The molecule has 0 aromatic carbocycles. The number of carbonyl (C=O) groups is 2. The molecule has 1 rings (SSSR count). The number of rotatable bonds is 24. The molecule has 4 heteroatoms. The summed E-state index contributed by atoms with van der Waals surface area (Å²) in [6.07, 6.45) is 30.6. The van der Waals surface area contributed by atoms with E-state index in [1.165, 1.54) is 89.9 Å². The van der Waals surface area contributed by atoms with Crippen LogP contribution in [0.4, 0.5) is 0 Å². The highest BCUT2D eigenvalue weighted by Gasteiger charge is 2.54. The van der Waals surface area contributed by atoms with Crippen LogP contribution in [0.25, 0.3) is 0 Å². The summed E-state index contributed by atoms with van der Waals surface area (Å²) >= 11 is 0. The molecular formula is C36H64O4. The van der Waals surface area contributed by atoms with Crippen LogP contribution in [0.3, 0.4) is 0 Å². The van der Waals surface area contributed by atoms with Crippen molar-refractivity contribution < 1.29 is 19.8 Å². The van der Waals surface area contributed by atoms with Gasteiger partial charge in [-0.1, -0.05) is 148 Å². The number of aliphatic carboxylic acids is 2. The van der Waals surface area contributed by atoms with Gasteiger partial charge in [-0.15, -0.1) is 0 Å². The molecule has 1 aliphatic rings. The zero-order valence-electron chi connectivity index (χ0n) is 27.2. The van der Waals surface area contributed by atoms with Gasteiger partial charge in [0.1, 0.15) is 0 Å². The number of carboxylic acids is 2. The van der Waals surface area contributed by atoms with E-state index in [-0.39, 0.29) is 11.3 Å². The van der Waals surface area contributed by atoms with Gasteiger partial charge >= 0.3 is 11.9 Å². The van der Waals surface area contributed by atoms with Crippen LogP contribution < -0.4 is 0 Å². The average molecular weight is 561 g/mol. The Morgan fingerprint density at radius 2 is 1.02 bits per heavy atom. The van der Waals surface area contributed by atoms with Crippen LogP contribution in [-0.4, -0.2) is 22.2 Å². The molecule has 0 fully saturated rings. The fourth-order valence-corrected chi connectivity index (χ4v) is 6.88. The van der Waals surface area contributed by atoms with Crippen molar-refractivity contribution in [1.82, 2.24) is 0 Å². The van der Waals surface area contributed by atoms with Gasteiger partial charge in [-0.2, -0.15) is 0 Å². The molecule has 2 unspecified atom stereocenters. The highest BCUT2D eigenvalue weighted by Crippen LogP contribution is 2.57. The molecule has 0 aromatic heterocycles. The minimum absolute atomic E-state index is 0.332. The third-order valence-electron chi connectivity index (χ3n) is 9.61. The highest BCUT2D eigenvalue weighted by molar-refractivity contribution is 5.80. The van der Waals surface area contributed by atoms with E-state index in [2.05, 4.69) is 19.9 Å². The van der Waals surface area contributed by atoms with Gasteiger partial charge in [0.25, 0.3) is 0 Å². The zero-order chi connectivity index (χ0) is 30.1. The largest absolute Gasteiger partial charge is 0.481 e. The number of allylic oxidation sites excluding steroid dienone is 3. The van der Waals surface area contributed by atoms with Gasteiger partial charge in [-0.05, 0) is 51.5 Å². The van der Waals surface area contributed by atoms with Crippen molar-refractivity contribution >= 4 is 11.9 Å². The standard InChI is InChI=1S/C36H64O4/c1-7-9-11-13-15-17-18-20-22-24-28-36(27-23-21-19-16-14-12-10-8-2)29-25-26-30(34(3,4)32(37)38)31(36)35(5,6)33(39)40/h25-26,29,31H,7-24,27-28H2,1-6H3,(H,37,38)(H,39,40). The van der Waals surface area contributed by atoms with Gasteiger partial charge in [-0.25, -0.2) is 0 Å². The maximum absolute atomic E-state index is 12.7. The number of unbranched alkanes of at least 4 members (excludes halogenated alkanes) is 16. The topological polar surface area (TPSA) is 74.6 Å². The Kier molecular flexibility index (Phi) is 17.1. The molecule has 0 aliphatic heterocycles. The molecule has 0 heterocycles. The van der Waals surface area contributed by atoms with Gasteiger partial charge in [0.2, 0.25) is 0 Å². The highest BCUT2D eigenvalue weighted by atomic mass is 16.4. The van der Waals surface area contributed by atoms with Crippen LogP contribution in [0.1, 0.15) is 170 Å². The molecule has 0 aromatic rings. The third kappa shape index (κ3) is 11.4. The number of carboxylic acid groups (broad SMARTS) is 2. The first-order valence-electron chi connectivity index (χ1n) is 16.8. The summed E-state index contributed by atoms with van der Waals surface area (Å²) in [5.41, 5.74) is -1.76. The van der Waals surface area contributed by atoms with Crippen LogP contribution in [0.2, 0.25) is 0 Å². The molecule has 0 bridgehead atoms. The molecule has 4 nitrogen and oxygen atoms in total. The lowest BCUT2D eigenvalue weighted by atomic mass is 9.52. The van der Waals surface area contributed by atoms with Crippen LogP contribution in [0.5, 0.6) is 0 Å². The minimum atomic E-state index is -1.12. The Morgan fingerprint density at radius 3 is 1.38 bits per heavy atom. The molecule has 0 amide bonds. The quantitative estimate of drug-likeness (QED) is 0.115. The van der Waals surface area contributed by atoms with Gasteiger partial charge in [0.15, 0.2) is 0 Å². The summed E-state index contributed by atoms with van der Waals surface area (Å²) in [6.45, 7) is 11.6. The normalized spacial score (nSPS) is 19.6. The van der Waals surface area contributed by atoms with Gasteiger partial charge in [-0.3, -0.25) is 9.59 Å². The third-order valence-corrected chi connectivity index (χ3v) is 9.61. The molecule has 40 heavy (non-hydrogen) atoms. The molecule has 1 aliphatic carbocycles. The first-order chi connectivity index (χ1) is 19.0. The van der Waals surface area contributed by atoms with Crippen molar-refractivity contribution in [2.75, 3.05) is 0 Å². The predicted octanol–water partition coefficient (Wildman–Crippen LogP) is 11.1. The van der Waals surface area contributed by atoms with Crippen molar-refractivity contribution in [3.05, 3.63) is 23.8 Å². The summed E-state index contributed by atoms with van der Waals surface area (Å²) in [6, 6.07) is 0. The second kappa shape index (κ2) is 18.8. The van der Waals surface area contributed by atoms with Crippen molar-refractivity contribution in [3.8, 4) is 0 Å². The SMILES string of the molecule is CCCCCCCCCCCCC1(CCCCCCCCCC)C=CC=C(C(C)(C)C(=O)O)C1C(C)(C)C(=O)O. The zero-order valence-corrected chi connectivity index (χ0v) is 27.2. The van der Waals surface area contributed by atoms with E-state index < -0.39 is 22.8 Å². The minimum Gasteiger partial charge on any atom is -0.481 e. The Labute approximate surface area is 247 Å². The fourth-order valence-electron chi connectivity index (χ4n) is 6.88. The summed E-state index contributed by atoms with van der Waals surface area (Å²) in [5.74, 6) is -2.08. The summed E-state index contributed by atoms with van der Waals surface area (Å²) in [7, 11) is 0. The second-order valence-corrected chi connectivity index (χ2v) is 13.8. The predicted molar refractivity (Wildman–Crippen MR) is 170 cm³/mol. The first-order valence-corrected chi connectivity index (χ1v) is 16.8. The van der Waals surface area contributed by atoms with E-state index in [9.17, 15) is 19.8 Å². The maximum Gasteiger partial charge on any atom is 0.313 e. The van der Waals surface area contributed by atoms with Crippen molar-refractivity contribution in [3.63, 3.8) is 0 Å².